The van der Waals surface area contributed by atoms with Crippen LogP contribution in [0, 0.1) is 13.8 Å². The normalized spacial score (nSPS) is 18.2. The smallest absolute Gasteiger partial charge is 0.282 e. The highest BCUT2D eigenvalue weighted by Gasteiger charge is 2.43. The fraction of sp³-hybridized carbons (Fsp3) is 0.407. The van der Waals surface area contributed by atoms with Crippen LogP contribution in [0.5, 0.6) is 0 Å². The molecule has 0 spiro atoms. The third-order valence-corrected chi connectivity index (χ3v) is 6.52. The highest BCUT2D eigenvalue weighted by atomic mass is 16.2. The fourth-order valence-electron chi connectivity index (χ4n) is 4.52. The highest BCUT2D eigenvalue weighted by Crippen LogP contribution is 2.37. The summed E-state index contributed by atoms with van der Waals surface area (Å²) < 4.78 is 0. The molecule has 0 bridgehead atoms. The second-order valence-electron chi connectivity index (χ2n) is 10.1. The molecular weight excluding hydrogens is 398 g/mol. The molecule has 5 heteroatoms. The van der Waals surface area contributed by atoms with Crippen LogP contribution in [0.1, 0.15) is 43.0 Å². The minimum absolute atomic E-state index is 0.00493. The first-order valence-corrected chi connectivity index (χ1v) is 11.3. The van der Waals surface area contributed by atoms with Gasteiger partial charge in [0.15, 0.2) is 0 Å². The van der Waals surface area contributed by atoms with E-state index in [0.29, 0.717) is 17.0 Å². The van der Waals surface area contributed by atoms with Gasteiger partial charge in [0.2, 0.25) is 0 Å². The number of imide groups is 1. The van der Waals surface area contributed by atoms with Crippen LogP contribution in [0.25, 0.3) is 5.57 Å². The molecule has 2 heterocycles. The summed E-state index contributed by atoms with van der Waals surface area (Å²) >= 11 is 0. The average Bonchev–Trinajstić information content (AvgIpc) is 2.98. The number of hydrogen-bond donors (Lipinski definition) is 0. The first-order valence-electron chi connectivity index (χ1n) is 11.3. The first-order chi connectivity index (χ1) is 15.1. The highest BCUT2D eigenvalue weighted by molar-refractivity contribution is 6.45. The van der Waals surface area contributed by atoms with Crippen molar-refractivity contribution in [1.29, 1.82) is 0 Å². The lowest BCUT2D eigenvalue weighted by atomic mass is 9.87. The largest absolute Gasteiger partial charge is 0.364 e. The average molecular weight is 432 g/mol. The molecule has 2 amide bonds. The molecule has 0 N–H and O–H groups in total. The number of amides is 2. The van der Waals surface area contributed by atoms with E-state index in [9.17, 15) is 9.59 Å². The number of piperazine rings is 1. The van der Waals surface area contributed by atoms with Crippen LogP contribution in [0.2, 0.25) is 0 Å². The summed E-state index contributed by atoms with van der Waals surface area (Å²) in [5, 5.41) is 0. The molecule has 2 aliphatic heterocycles. The number of carbonyl (C=O) groups is 2. The van der Waals surface area contributed by atoms with E-state index in [1.807, 2.05) is 50.2 Å². The van der Waals surface area contributed by atoms with Gasteiger partial charge in [-0.05, 0) is 55.1 Å². The number of hydrogen-bond acceptors (Lipinski definition) is 4. The zero-order valence-corrected chi connectivity index (χ0v) is 20.0. The number of anilines is 1. The Balaban J connectivity index is 1.79. The summed E-state index contributed by atoms with van der Waals surface area (Å²) in [6.07, 6.45) is 0. The topological polar surface area (TPSA) is 43.9 Å². The predicted molar refractivity (Wildman–Crippen MR) is 130 cm³/mol. The van der Waals surface area contributed by atoms with Crippen LogP contribution in [-0.4, -0.2) is 54.8 Å². The molecule has 0 atom stereocenters. The van der Waals surface area contributed by atoms with E-state index in [4.69, 9.17) is 0 Å². The van der Waals surface area contributed by atoms with E-state index in [2.05, 4.69) is 43.7 Å². The van der Waals surface area contributed by atoms with Gasteiger partial charge in [-0.2, -0.15) is 0 Å². The van der Waals surface area contributed by atoms with Gasteiger partial charge in [-0.25, -0.2) is 4.90 Å². The summed E-state index contributed by atoms with van der Waals surface area (Å²) in [4.78, 5) is 33.2. The molecule has 168 valence electrons. The van der Waals surface area contributed by atoms with Crippen LogP contribution < -0.4 is 4.90 Å². The standard InChI is InChI=1S/C27H33N3O2/c1-18-7-12-22(19(2)17-18)23-24(29-15-13-28(6)14-16-29)26(32)30(25(23)31)21-10-8-20(9-11-21)27(3,4)5/h7-12,17H,13-16H2,1-6H3. The number of carbonyl (C=O) groups excluding carboxylic acids is 2. The van der Waals surface area contributed by atoms with Gasteiger partial charge >= 0.3 is 0 Å². The SMILES string of the molecule is Cc1ccc(C2=C(N3CCN(C)CC3)C(=O)N(c3ccc(C(C)(C)C)cc3)C2=O)c(C)c1. The van der Waals surface area contributed by atoms with Crippen LogP contribution in [0.15, 0.2) is 48.2 Å². The summed E-state index contributed by atoms with van der Waals surface area (Å²) in [5.41, 5.74) is 5.85. The van der Waals surface area contributed by atoms with Crippen molar-refractivity contribution >= 4 is 23.1 Å². The molecule has 2 aliphatic rings. The molecule has 0 saturated carbocycles. The van der Waals surface area contributed by atoms with E-state index < -0.39 is 0 Å². The van der Waals surface area contributed by atoms with E-state index >= 15 is 0 Å². The third-order valence-electron chi connectivity index (χ3n) is 6.52. The predicted octanol–water partition coefficient (Wildman–Crippen LogP) is 4.13. The van der Waals surface area contributed by atoms with Crippen LogP contribution >= 0.6 is 0 Å². The van der Waals surface area contributed by atoms with Gasteiger partial charge in [0.1, 0.15) is 5.70 Å². The first kappa shape index (κ1) is 22.3. The zero-order chi connectivity index (χ0) is 23.2. The van der Waals surface area contributed by atoms with Gasteiger partial charge in [-0.15, -0.1) is 0 Å². The van der Waals surface area contributed by atoms with Gasteiger partial charge in [-0.1, -0.05) is 56.7 Å². The van der Waals surface area contributed by atoms with E-state index in [0.717, 1.165) is 42.9 Å². The van der Waals surface area contributed by atoms with Gasteiger partial charge in [0.25, 0.3) is 11.8 Å². The molecule has 0 unspecified atom stereocenters. The molecular formula is C27H33N3O2. The Morgan fingerprint density at radius 3 is 2.00 bits per heavy atom. The number of nitrogens with zero attached hydrogens (tertiary/aromatic N) is 3. The Morgan fingerprint density at radius 1 is 0.812 bits per heavy atom. The van der Waals surface area contributed by atoms with Crippen LogP contribution in [0.3, 0.4) is 0 Å². The number of benzene rings is 2. The van der Waals surface area contributed by atoms with E-state index in [-0.39, 0.29) is 17.2 Å². The van der Waals surface area contributed by atoms with E-state index in [1.54, 1.807) is 0 Å². The molecule has 2 aromatic carbocycles. The van der Waals surface area contributed by atoms with Gasteiger partial charge in [0.05, 0.1) is 11.3 Å². The molecule has 0 aromatic heterocycles. The molecule has 32 heavy (non-hydrogen) atoms. The number of aryl methyl sites for hydroxylation is 2. The lowest BCUT2D eigenvalue weighted by Gasteiger charge is -2.34. The number of likely N-dealkylation sites (N-methyl/N-ethyl adjacent to an activating group) is 1. The maximum Gasteiger partial charge on any atom is 0.282 e. The Hall–Kier alpha value is -2.92. The lowest BCUT2D eigenvalue weighted by molar-refractivity contribution is -0.120. The van der Waals surface area contributed by atoms with Crippen molar-refractivity contribution in [2.45, 2.75) is 40.0 Å². The second kappa shape index (κ2) is 8.21. The minimum atomic E-state index is -0.237. The lowest BCUT2D eigenvalue weighted by Crippen LogP contribution is -2.46. The minimum Gasteiger partial charge on any atom is -0.364 e. The van der Waals surface area contributed by atoms with Crippen molar-refractivity contribution in [2.24, 2.45) is 0 Å². The van der Waals surface area contributed by atoms with Crippen molar-refractivity contribution in [2.75, 3.05) is 38.1 Å². The third kappa shape index (κ3) is 3.97. The Labute approximate surface area is 191 Å². The molecule has 0 aliphatic carbocycles. The summed E-state index contributed by atoms with van der Waals surface area (Å²) in [6.45, 7) is 13.7. The quantitative estimate of drug-likeness (QED) is 0.686. The fourth-order valence-corrected chi connectivity index (χ4v) is 4.52. The second-order valence-corrected chi connectivity index (χ2v) is 10.1. The van der Waals surface area contributed by atoms with E-state index in [1.165, 1.54) is 10.5 Å². The summed E-state index contributed by atoms with van der Waals surface area (Å²) in [5.74, 6) is -0.461. The maximum absolute atomic E-state index is 13.8. The van der Waals surface area contributed by atoms with Crippen LogP contribution in [0.4, 0.5) is 5.69 Å². The summed E-state index contributed by atoms with van der Waals surface area (Å²) in [6, 6.07) is 13.9. The number of rotatable bonds is 3. The Kier molecular flexibility index (Phi) is 5.72. The van der Waals surface area contributed by atoms with Crippen molar-refractivity contribution < 1.29 is 9.59 Å². The molecule has 4 rings (SSSR count). The van der Waals surface area contributed by atoms with Gasteiger partial charge in [-0.3, -0.25) is 9.59 Å². The monoisotopic (exact) mass is 431 g/mol. The van der Waals surface area contributed by atoms with Crippen LogP contribution in [-0.2, 0) is 15.0 Å². The van der Waals surface area contributed by atoms with Gasteiger partial charge < -0.3 is 9.80 Å². The van der Waals surface area contributed by atoms with Crippen molar-refractivity contribution in [3.63, 3.8) is 0 Å². The Morgan fingerprint density at radius 2 is 1.44 bits per heavy atom. The maximum atomic E-state index is 13.8. The van der Waals surface area contributed by atoms with Gasteiger partial charge in [0, 0.05) is 26.2 Å². The zero-order valence-electron chi connectivity index (χ0n) is 20.0. The molecule has 0 radical (unpaired) electrons. The Bertz CT molecular complexity index is 1080. The molecule has 1 fully saturated rings. The molecule has 2 aromatic rings. The molecule has 1 saturated heterocycles. The summed E-state index contributed by atoms with van der Waals surface area (Å²) in [7, 11) is 2.08. The van der Waals surface area contributed by atoms with Crippen molar-refractivity contribution in [3.8, 4) is 0 Å². The van der Waals surface area contributed by atoms with Crippen molar-refractivity contribution in [1.82, 2.24) is 9.80 Å². The molecule has 5 nitrogen and oxygen atoms in total. The van der Waals surface area contributed by atoms with Crippen molar-refractivity contribution in [3.05, 3.63) is 70.4 Å².